The molecule has 0 saturated carbocycles. The number of likely N-dealkylation sites (N-methyl/N-ethyl adjacent to an activating group) is 1. The van der Waals surface area contributed by atoms with Crippen LogP contribution in [0.1, 0.15) is 33.6 Å². The van der Waals surface area contributed by atoms with Gasteiger partial charge in [0.15, 0.2) is 11.5 Å². The third-order valence-electron chi connectivity index (χ3n) is 4.98. The van der Waals surface area contributed by atoms with E-state index in [0.29, 0.717) is 28.6 Å². The number of ether oxygens (including phenoxy) is 2. The molecule has 1 aliphatic rings. The van der Waals surface area contributed by atoms with Crippen molar-refractivity contribution in [3.63, 3.8) is 0 Å². The van der Waals surface area contributed by atoms with E-state index in [4.69, 9.17) is 9.47 Å². The van der Waals surface area contributed by atoms with Gasteiger partial charge in [0.1, 0.15) is 11.1 Å². The number of amides is 1. The molecule has 1 N–H and O–H groups in total. The van der Waals surface area contributed by atoms with E-state index in [1.807, 2.05) is 31.0 Å². The lowest BCUT2D eigenvalue weighted by atomic mass is 10.1. The van der Waals surface area contributed by atoms with Crippen LogP contribution in [-0.4, -0.2) is 38.6 Å². The Morgan fingerprint density at radius 1 is 1.29 bits per heavy atom. The topological polar surface area (TPSA) is 74.6 Å². The number of benzene rings is 1. The van der Waals surface area contributed by atoms with Crippen molar-refractivity contribution in [1.29, 1.82) is 5.26 Å². The Kier molecular flexibility index (Phi) is 6.22. The summed E-state index contributed by atoms with van der Waals surface area (Å²) in [6.45, 7) is 2.85. The van der Waals surface area contributed by atoms with Crippen molar-refractivity contribution in [2.24, 2.45) is 0 Å². The summed E-state index contributed by atoms with van der Waals surface area (Å²) < 4.78 is 10.7. The van der Waals surface area contributed by atoms with Gasteiger partial charge in [-0.25, -0.2) is 0 Å². The fourth-order valence-electron chi connectivity index (χ4n) is 3.56. The minimum absolute atomic E-state index is 0.114. The lowest BCUT2D eigenvalue weighted by Crippen LogP contribution is -2.30. The molecule has 1 heterocycles. The van der Waals surface area contributed by atoms with Crippen molar-refractivity contribution in [1.82, 2.24) is 4.90 Å². The molecule has 0 atom stereocenters. The zero-order chi connectivity index (χ0) is 20.3. The zero-order valence-corrected chi connectivity index (χ0v) is 17.5. The average molecular weight is 400 g/mol. The van der Waals surface area contributed by atoms with E-state index in [-0.39, 0.29) is 12.5 Å². The second-order valence-electron chi connectivity index (χ2n) is 7.03. The molecule has 7 heteroatoms. The van der Waals surface area contributed by atoms with Crippen molar-refractivity contribution in [2.75, 3.05) is 33.1 Å². The van der Waals surface area contributed by atoms with Gasteiger partial charge in [-0.1, -0.05) is 0 Å². The highest BCUT2D eigenvalue weighted by molar-refractivity contribution is 7.16. The highest BCUT2D eigenvalue weighted by atomic mass is 32.1. The smallest absolute Gasteiger partial charge is 0.239 e. The largest absolute Gasteiger partial charge is 0.493 e. The van der Waals surface area contributed by atoms with E-state index < -0.39 is 0 Å². The summed E-state index contributed by atoms with van der Waals surface area (Å²) in [5.74, 6) is 1.25. The van der Waals surface area contributed by atoms with Gasteiger partial charge in [0.2, 0.25) is 5.91 Å². The summed E-state index contributed by atoms with van der Waals surface area (Å²) in [5, 5.41) is 13.1. The molecular formula is C21H25N3O3S. The highest BCUT2D eigenvalue weighted by Crippen LogP contribution is 2.38. The van der Waals surface area contributed by atoms with Crippen LogP contribution in [0.3, 0.4) is 0 Å². The molecule has 0 bridgehead atoms. The van der Waals surface area contributed by atoms with Crippen molar-refractivity contribution in [3.05, 3.63) is 39.3 Å². The molecule has 1 aromatic heterocycles. The third-order valence-corrected chi connectivity index (χ3v) is 6.19. The molecule has 1 aliphatic carbocycles. The predicted molar refractivity (Wildman–Crippen MR) is 110 cm³/mol. The van der Waals surface area contributed by atoms with Crippen molar-refractivity contribution in [3.8, 4) is 17.6 Å². The Morgan fingerprint density at radius 2 is 2.00 bits per heavy atom. The number of hydrogen-bond acceptors (Lipinski definition) is 6. The minimum atomic E-state index is -0.114. The molecular weight excluding hydrogens is 374 g/mol. The first kappa shape index (κ1) is 20.2. The second kappa shape index (κ2) is 8.63. The second-order valence-corrected chi connectivity index (χ2v) is 8.13. The number of hydrogen-bond donors (Lipinski definition) is 1. The molecule has 28 heavy (non-hydrogen) atoms. The fourth-order valence-corrected chi connectivity index (χ4v) is 4.82. The van der Waals surface area contributed by atoms with Gasteiger partial charge >= 0.3 is 0 Å². The van der Waals surface area contributed by atoms with Crippen molar-refractivity contribution >= 4 is 22.2 Å². The zero-order valence-electron chi connectivity index (χ0n) is 16.7. The molecule has 0 radical (unpaired) electrons. The molecule has 2 aromatic rings. The van der Waals surface area contributed by atoms with Crippen LogP contribution in [0, 0.1) is 18.3 Å². The normalized spacial score (nSPS) is 12.6. The number of rotatable bonds is 7. The van der Waals surface area contributed by atoms with Crippen molar-refractivity contribution < 1.29 is 14.3 Å². The minimum Gasteiger partial charge on any atom is -0.493 e. The summed E-state index contributed by atoms with van der Waals surface area (Å²) in [4.78, 5) is 15.7. The number of carbonyl (C=O) groups is 1. The quantitative estimate of drug-likeness (QED) is 0.771. The average Bonchev–Trinajstić information content (AvgIpc) is 3.23. The molecule has 6 nitrogen and oxygen atoms in total. The van der Waals surface area contributed by atoms with E-state index in [9.17, 15) is 10.1 Å². The molecule has 0 fully saturated rings. The summed E-state index contributed by atoms with van der Waals surface area (Å²) in [7, 11) is 5.12. The van der Waals surface area contributed by atoms with E-state index in [1.54, 1.807) is 25.6 Å². The summed E-state index contributed by atoms with van der Waals surface area (Å²) >= 11 is 1.54. The molecule has 0 aliphatic heterocycles. The van der Waals surface area contributed by atoms with Crippen LogP contribution < -0.4 is 14.8 Å². The number of methoxy groups -OCH3 is 2. The van der Waals surface area contributed by atoms with Gasteiger partial charge < -0.3 is 14.8 Å². The van der Waals surface area contributed by atoms with Crippen LogP contribution in [0.5, 0.6) is 11.5 Å². The first-order valence-electron chi connectivity index (χ1n) is 9.21. The lowest BCUT2D eigenvalue weighted by Gasteiger charge is -2.19. The van der Waals surface area contributed by atoms with E-state index >= 15 is 0 Å². The molecule has 0 unspecified atom stereocenters. The van der Waals surface area contributed by atoms with Crippen LogP contribution in [0.25, 0.3) is 0 Å². The van der Waals surface area contributed by atoms with E-state index in [0.717, 1.165) is 36.0 Å². The monoisotopic (exact) mass is 399 g/mol. The van der Waals surface area contributed by atoms with Gasteiger partial charge in [0, 0.05) is 11.4 Å². The summed E-state index contributed by atoms with van der Waals surface area (Å²) in [5.41, 5.74) is 3.91. The number of nitriles is 1. The molecule has 0 spiro atoms. The van der Waals surface area contributed by atoms with Crippen LogP contribution in [0.15, 0.2) is 12.1 Å². The van der Waals surface area contributed by atoms with Gasteiger partial charge in [-0.05, 0) is 62.1 Å². The van der Waals surface area contributed by atoms with Gasteiger partial charge in [0.25, 0.3) is 0 Å². The number of nitrogens with one attached hydrogen (secondary N) is 1. The molecule has 148 valence electrons. The Labute approximate surface area is 169 Å². The van der Waals surface area contributed by atoms with Crippen LogP contribution in [0.4, 0.5) is 5.00 Å². The van der Waals surface area contributed by atoms with Gasteiger partial charge in [-0.2, -0.15) is 5.26 Å². The predicted octanol–water partition coefficient (Wildman–Crippen LogP) is 3.50. The first-order valence-corrected chi connectivity index (χ1v) is 10.0. The Bertz CT molecular complexity index is 930. The van der Waals surface area contributed by atoms with E-state index in [2.05, 4.69) is 11.4 Å². The number of aryl methyl sites for hydroxylation is 2. The standard InChI is InChI=1S/C21H25N3O3S/c1-13-8-17(26-3)18(27-4)9-14(13)11-24(2)12-20(25)23-21-16(10-22)15-6-5-7-19(15)28-21/h8-9H,5-7,11-12H2,1-4H3,(H,23,25). The Balaban J connectivity index is 1.65. The molecule has 0 saturated heterocycles. The number of thiophene rings is 1. The Morgan fingerprint density at radius 3 is 2.68 bits per heavy atom. The highest BCUT2D eigenvalue weighted by Gasteiger charge is 2.23. The van der Waals surface area contributed by atoms with Gasteiger partial charge in [0.05, 0.1) is 26.3 Å². The number of anilines is 1. The molecule has 1 aromatic carbocycles. The van der Waals surface area contributed by atoms with Gasteiger partial charge in [-0.15, -0.1) is 11.3 Å². The summed E-state index contributed by atoms with van der Waals surface area (Å²) in [6, 6.07) is 6.15. The number of fused-ring (bicyclic) bond motifs is 1. The maximum atomic E-state index is 12.5. The Hall–Kier alpha value is -2.56. The summed E-state index contributed by atoms with van der Waals surface area (Å²) in [6.07, 6.45) is 3.03. The number of carbonyl (C=O) groups excluding carboxylic acids is 1. The van der Waals surface area contributed by atoms with Crippen LogP contribution in [0.2, 0.25) is 0 Å². The molecule has 1 amide bonds. The van der Waals surface area contributed by atoms with Crippen molar-refractivity contribution in [2.45, 2.75) is 32.7 Å². The maximum Gasteiger partial charge on any atom is 0.239 e. The van der Waals surface area contributed by atoms with E-state index in [1.165, 1.54) is 4.88 Å². The van der Waals surface area contributed by atoms with Crippen LogP contribution in [-0.2, 0) is 24.2 Å². The maximum absolute atomic E-state index is 12.5. The lowest BCUT2D eigenvalue weighted by molar-refractivity contribution is -0.117. The van der Waals surface area contributed by atoms with Gasteiger partial charge in [-0.3, -0.25) is 9.69 Å². The third kappa shape index (κ3) is 4.13. The SMILES string of the molecule is COc1cc(C)c(CN(C)CC(=O)Nc2sc3c(c2C#N)CCC3)cc1OC. The van der Waals surface area contributed by atoms with Crippen LogP contribution >= 0.6 is 11.3 Å². The fraction of sp³-hybridized carbons (Fsp3) is 0.429. The molecule has 3 rings (SSSR count). The number of nitrogens with zero attached hydrogens (tertiary/aromatic N) is 2. The first-order chi connectivity index (χ1) is 13.5.